The second kappa shape index (κ2) is 4.70. The molecule has 0 atom stereocenters. The molecule has 0 aliphatic carbocycles. The molecule has 92 valence electrons. The molecule has 6 heteroatoms. The van der Waals surface area contributed by atoms with Crippen molar-refractivity contribution >= 4 is 5.69 Å². The van der Waals surface area contributed by atoms with Crippen molar-refractivity contribution in [1.82, 2.24) is 4.98 Å². The van der Waals surface area contributed by atoms with Crippen LogP contribution < -0.4 is 10.3 Å². The Morgan fingerprint density at radius 3 is 2.67 bits per heavy atom. The Kier molecular flexibility index (Phi) is 3.09. The average molecular weight is 246 g/mol. The van der Waals surface area contributed by atoms with Crippen molar-refractivity contribution in [2.24, 2.45) is 0 Å². The highest BCUT2D eigenvalue weighted by atomic mass is 16.6. The van der Waals surface area contributed by atoms with E-state index in [1.165, 1.54) is 19.2 Å². The number of methoxy groups -OCH3 is 1. The summed E-state index contributed by atoms with van der Waals surface area (Å²) in [6.45, 7) is 0. The van der Waals surface area contributed by atoms with E-state index in [0.29, 0.717) is 11.4 Å². The zero-order chi connectivity index (χ0) is 13.1. The van der Waals surface area contributed by atoms with Gasteiger partial charge in [-0.25, -0.2) is 0 Å². The van der Waals surface area contributed by atoms with Gasteiger partial charge in [0.1, 0.15) is 5.75 Å². The molecule has 2 aromatic rings. The van der Waals surface area contributed by atoms with E-state index in [2.05, 4.69) is 4.98 Å². The van der Waals surface area contributed by atoms with Gasteiger partial charge in [0.2, 0.25) is 0 Å². The molecule has 0 radical (unpaired) electrons. The minimum atomic E-state index is -0.722. The average Bonchev–Trinajstić information content (AvgIpc) is 2.38. The number of H-pyrrole nitrogens is 1. The number of nitrogens with zero attached hydrogens (tertiary/aromatic N) is 1. The molecule has 0 fully saturated rings. The van der Waals surface area contributed by atoms with Gasteiger partial charge in [-0.2, -0.15) is 0 Å². The van der Waals surface area contributed by atoms with Crippen LogP contribution in [0, 0.1) is 10.1 Å². The molecule has 18 heavy (non-hydrogen) atoms. The van der Waals surface area contributed by atoms with Gasteiger partial charge in [-0.05, 0) is 18.2 Å². The van der Waals surface area contributed by atoms with E-state index >= 15 is 0 Å². The first-order valence-corrected chi connectivity index (χ1v) is 5.14. The van der Waals surface area contributed by atoms with Gasteiger partial charge in [0.15, 0.2) is 0 Å². The highest BCUT2D eigenvalue weighted by Crippen LogP contribution is 2.21. The molecule has 0 amide bonds. The normalized spacial score (nSPS) is 10.1. The molecule has 1 aromatic heterocycles. The van der Waals surface area contributed by atoms with E-state index in [-0.39, 0.29) is 0 Å². The number of pyridine rings is 1. The second-order valence-electron chi connectivity index (χ2n) is 3.58. The SMILES string of the molecule is COc1cccc(-c2ccc([N+](=O)[O-])c(=O)[nH]2)c1. The topological polar surface area (TPSA) is 85.2 Å². The molecule has 0 saturated heterocycles. The zero-order valence-corrected chi connectivity index (χ0v) is 9.54. The van der Waals surface area contributed by atoms with Crippen LogP contribution in [0.25, 0.3) is 11.3 Å². The van der Waals surface area contributed by atoms with Gasteiger partial charge in [0, 0.05) is 17.3 Å². The highest BCUT2D eigenvalue weighted by molar-refractivity contribution is 5.61. The minimum absolute atomic E-state index is 0.471. The van der Waals surface area contributed by atoms with Gasteiger partial charge in [-0.3, -0.25) is 14.9 Å². The first-order valence-electron chi connectivity index (χ1n) is 5.14. The molecule has 2 rings (SSSR count). The number of hydrogen-bond acceptors (Lipinski definition) is 4. The van der Waals surface area contributed by atoms with Crippen molar-refractivity contribution in [3.8, 4) is 17.0 Å². The maximum atomic E-state index is 11.5. The summed E-state index contributed by atoms with van der Waals surface area (Å²) in [5, 5.41) is 10.5. The molecule has 1 N–H and O–H groups in total. The first kappa shape index (κ1) is 11.8. The standard InChI is InChI=1S/C12H10N2O4/c1-18-9-4-2-3-8(7-9)10-5-6-11(14(16)17)12(15)13-10/h2-7H,1H3,(H,13,15). The molecule has 0 unspecified atom stereocenters. The van der Waals surface area contributed by atoms with E-state index in [0.717, 1.165) is 5.56 Å². The fourth-order valence-corrected chi connectivity index (χ4v) is 1.57. The maximum Gasteiger partial charge on any atom is 0.333 e. The number of rotatable bonds is 3. The van der Waals surface area contributed by atoms with Gasteiger partial charge in [0.05, 0.1) is 12.0 Å². The predicted molar refractivity (Wildman–Crippen MR) is 65.7 cm³/mol. The van der Waals surface area contributed by atoms with Crippen LogP contribution in [0.3, 0.4) is 0 Å². The Labute approximate surface area is 102 Å². The minimum Gasteiger partial charge on any atom is -0.497 e. The van der Waals surface area contributed by atoms with E-state index in [4.69, 9.17) is 4.74 Å². The molecule has 0 aliphatic heterocycles. The van der Waals surface area contributed by atoms with E-state index in [1.807, 2.05) is 0 Å². The van der Waals surface area contributed by atoms with Crippen molar-refractivity contribution < 1.29 is 9.66 Å². The van der Waals surface area contributed by atoms with Crippen LogP contribution in [-0.2, 0) is 0 Å². The predicted octanol–water partition coefficient (Wildman–Crippen LogP) is 1.96. The van der Waals surface area contributed by atoms with Crippen molar-refractivity contribution in [3.05, 3.63) is 56.9 Å². The van der Waals surface area contributed by atoms with Crippen molar-refractivity contribution in [2.45, 2.75) is 0 Å². The van der Waals surface area contributed by atoms with E-state index in [1.54, 1.807) is 24.3 Å². The summed E-state index contributed by atoms with van der Waals surface area (Å²) in [5.74, 6) is 0.645. The summed E-state index contributed by atoms with van der Waals surface area (Å²) in [6.07, 6.45) is 0. The van der Waals surface area contributed by atoms with Crippen LogP contribution >= 0.6 is 0 Å². The molecule has 0 bridgehead atoms. The summed E-state index contributed by atoms with van der Waals surface area (Å²) in [7, 11) is 1.54. The Bertz CT molecular complexity index is 649. The number of aromatic nitrogens is 1. The Balaban J connectivity index is 2.48. The third kappa shape index (κ3) is 2.22. The second-order valence-corrected chi connectivity index (χ2v) is 3.58. The van der Waals surface area contributed by atoms with Crippen molar-refractivity contribution in [1.29, 1.82) is 0 Å². The number of nitro groups is 1. The Morgan fingerprint density at radius 1 is 1.28 bits per heavy atom. The van der Waals surface area contributed by atoms with E-state index in [9.17, 15) is 14.9 Å². The maximum absolute atomic E-state index is 11.5. The number of hydrogen-bond donors (Lipinski definition) is 1. The third-order valence-electron chi connectivity index (χ3n) is 2.47. The van der Waals surface area contributed by atoms with Gasteiger partial charge in [0.25, 0.3) is 0 Å². The summed E-state index contributed by atoms with van der Waals surface area (Å²) in [5.41, 5.74) is 0.0350. The van der Waals surface area contributed by atoms with E-state index < -0.39 is 16.2 Å². The molecule has 1 aromatic carbocycles. The Hall–Kier alpha value is -2.63. The van der Waals surface area contributed by atoms with Crippen molar-refractivity contribution in [2.75, 3.05) is 7.11 Å². The summed E-state index contributed by atoms with van der Waals surface area (Å²) < 4.78 is 5.07. The monoisotopic (exact) mass is 246 g/mol. The summed E-state index contributed by atoms with van der Waals surface area (Å²) >= 11 is 0. The largest absolute Gasteiger partial charge is 0.497 e. The molecule has 0 aliphatic rings. The molecule has 1 heterocycles. The van der Waals surface area contributed by atoms with Crippen LogP contribution in [-0.4, -0.2) is 17.0 Å². The van der Waals surface area contributed by atoms with Crippen LogP contribution in [0.1, 0.15) is 0 Å². The number of benzene rings is 1. The quantitative estimate of drug-likeness (QED) is 0.662. The third-order valence-corrected chi connectivity index (χ3v) is 2.47. The summed E-state index contributed by atoms with van der Waals surface area (Å²) in [4.78, 5) is 23.8. The van der Waals surface area contributed by atoms with Gasteiger partial charge >= 0.3 is 11.2 Å². The fraction of sp³-hybridized carbons (Fsp3) is 0.0833. The molecular formula is C12H10N2O4. The fourth-order valence-electron chi connectivity index (χ4n) is 1.57. The lowest BCUT2D eigenvalue weighted by molar-refractivity contribution is -0.386. The smallest absolute Gasteiger partial charge is 0.333 e. The van der Waals surface area contributed by atoms with Gasteiger partial charge in [-0.15, -0.1) is 0 Å². The molecule has 0 spiro atoms. The molecular weight excluding hydrogens is 236 g/mol. The van der Waals surface area contributed by atoms with Crippen LogP contribution in [0.5, 0.6) is 5.75 Å². The van der Waals surface area contributed by atoms with Gasteiger partial charge in [-0.1, -0.05) is 12.1 Å². The summed E-state index contributed by atoms with van der Waals surface area (Å²) in [6, 6.07) is 9.74. The van der Waals surface area contributed by atoms with Crippen LogP contribution in [0.4, 0.5) is 5.69 Å². The lowest BCUT2D eigenvalue weighted by atomic mass is 10.1. The lowest BCUT2D eigenvalue weighted by Gasteiger charge is -2.04. The highest BCUT2D eigenvalue weighted by Gasteiger charge is 2.12. The van der Waals surface area contributed by atoms with Gasteiger partial charge < -0.3 is 9.72 Å². The van der Waals surface area contributed by atoms with Crippen molar-refractivity contribution in [3.63, 3.8) is 0 Å². The van der Waals surface area contributed by atoms with Crippen LogP contribution in [0.2, 0.25) is 0 Å². The number of nitrogens with one attached hydrogen (secondary N) is 1. The Morgan fingerprint density at radius 2 is 2.06 bits per heavy atom. The lowest BCUT2D eigenvalue weighted by Crippen LogP contribution is -2.11. The number of aromatic amines is 1. The molecule has 0 saturated carbocycles. The number of ether oxygens (including phenoxy) is 1. The molecule has 6 nitrogen and oxygen atoms in total. The first-order chi connectivity index (χ1) is 8.61. The zero-order valence-electron chi connectivity index (χ0n) is 9.54. The van der Waals surface area contributed by atoms with Crippen LogP contribution in [0.15, 0.2) is 41.2 Å².